The number of hydrogen-bond acceptors (Lipinski definition) is 5. The van der Waals surface area contributed by atoms with E-state index in [1.54, 1.807) is 12.1 Å². The normalized spacial score (nSPS) is 21.6. The van der Waals surface area contributed by atoms with Crippen LogP contribution in [0.25, 0.3) is 0 Å². The van der Waals surface area contributed by atoms with Gasteiger partial charge in [-0.25, -0.2) is 13.4 Å². The fraction of sp³-hybridized carbons (Fsp3) is 0.583. The molecule has 5 nitrogen and oxygen atoms in total. The van der Waals surface area contributed by atoms with Gasteiger partial charge in [-0.1, -0.05) is 6.07 Å². The van der Waals surface area contributed by atoms with Crippen molar-refractivity contribution < 1.29 is 17.7 Å². The summed E-state index contributed by atoms with van der Waals surface area (Å²) >= 11 is 0. The van der Waals surface area contributed by atoms with E-state index in [0.29, 0.717) is 5.46 Å². The molecule has 2 rings (SSSR count). The van der Waals surface area contributed by atoms with Crippen molar-refractivity contribution in [3.63, 3.8) is 0 Å². The van der Waals surface area contributed by atoms with Crippen LogP contribution in [0.4, 0.5) is 0 Å². The van der Waals surface area contributed by atoms with E-state index in [1.165, 1.54) is 6.20 Å². The predicted octanol–water partition coefficient (Wildman–Crippen LogP) is 0.784. The molecule has 19 heavy (non-hydrogen) atoms. The van der Waals surface area contributed by atoms with E-state index >= 15 is 0 Å². The summed E-state index contributed by atoms with van der Waals surface area (Å²) in [6, 6.07) is 3.35. The minimum absolute atomic E-state index is 0.00787. The third kappa shape index (κ3) is 2.54. The van der Waals surface area contributed by atoms with Gasteiger partial charge in [0.05, 0.1) is 11.2 Å². The Balaban J connectivity index is 2.47. The summed E-state index contributed by atoms with van der Waals surface area (Å²) in [5.41, 5.74) is -0.575. The number of pyridine rings is 1. The van der Waals surface area contributed by atoms with Crippen LogP contribution in [0, 0.1) is 0 Å². The Morgan fingerprint density at radius 1 is 1.16 bits per heavy atom. The van der Waals surface area contributed by atoms with Gasteiger partial charge in [0.2, 0.25) is 0 Å². The van der Waals surface area contributed by atoms with E-state index in [9.17, 15) is 8.42 Å². The van der Waals surface area contributed by atoms with Crippen LogP contribution in [0.5, 0.6) is 0 Å². The van der Waals surface area contributed by atoms with Crippen molar-refractivity contribution in [2.75, 3.05) is 6.26 Å². The lowest BCUT2D eigenvalue weighted by Gasteiger charge is -2.32. The highest BCUT2D eigenvalue weighted by atomic mass is 32.2. The van der Waals surface area contributed by atoms with Crippen LogP contribution in [0.3, 0.4) is 0 Å². The molecular weight excluding hydrogens is 265 g/mol. The van der Waals surface area contributed by atoms with Crippen LogP contribution in [0.2, 0.25) is 0 Å². The molecule has 0 atom stereocenters. The minimum atomic E-state index is -3.42. The quantitative estimate of drug-likeness (QED) is 0.751. The molecule has 1 saturated heterocycles. The summed E-state index contributed by atoms with van der Waals surface area (Å²) in [4.78, 5) is 3.94. The monoisotopic (exact) mass is 283 g/mol. The van der Waals surface area contributed by atoms with E-state index in [4.69, 9.17) is 9.31 Å². The average Bonchev–Trinajstić information content (AvgIpc) is 2.47. The molecule has 1 aliphatic rings. The van der Waals surface area contributed by atoms with Crippen LogP contribution < -0.4 is 5.46 Å². The van der Waals surface area contributed by atoms with Crippen molar-refractivity contribution in [3.8, 4) is 0 Å². The van der Waals surface area contributed by atoms with Gasteiger partial charge in [0.25, 0.3) is 0 Å². The molecule has 0 N–H and O–H groups in total. The van der Waals surface area contributed by atoms with E-state index in [0.717, 1.165) is 6.26 Å². The standard InChI is InChI=1S/C12H18BNO4S/c1-11(2)12(3,4)18-13(17-11)9-7-6-8-14-10(9)19(5,15)16/h6-8H,1-5H3. The Morgan fingerprint density at radius 3 is 2.16 bits per heavy atom. The Bertz CT molecular complexity index is 582. The van der Waals surface area contributed by atoms with Gasteiger partial charge in [-0.2, -0.15) is 0 Å². The van der Waals surface area contributed by atoms with Gasteiger partial charge < -0.3 is 9.31 Å². The highest BCUT2D eigenvalue weighted by Crippen LogP contribution is 2.36. The van der Waals surface area contributed by atoms with Gasteiger partial charge in [0, 0.05) is 17.9 Å². The highest BCUT2D eigenvalue weighted by molar-refractivity contribution is 7.90. The number of nitrogens with zero attached hydrogens (tertiary/aromatic N) is 1. The fourth-order valence-electron chi connectivity index (χ4n) is 1.86. The fourth-order valence-corrected chi connectivity index (χ4v) is 2.71. The van der Waals surface area contributed by atoms with Crippen molar-refractivity contribution in [1.82, 2.24) is 4.98 Å². The lowest BCUT2D eigenvalue weighted by atomic mass is 9.80. The van der Waals surface area contributed by atoms with Gasteiger partial charge >= 0.3 is 7.12 Å². The second-order valence-electron chi connectivity index (χ2n) is 5.76. The second kappa shape index (κ2) is 4.29. The summed E-state index contributed by atoms with van der Waals surface area (Å²) in [5.74, 6) is 0. The van der Waals surface area contributed by atoms with E-state index < -0.39 is 28.2 Å². The van der Waals surface area contributed by atoms with Crippen molar-refractivity contribution in [3.05, 3.63) is 18.3 Å². The minimum Gasteiger partial charge on any atom is -0.399 e. The Labute approximate surface area is 114 Å². The first-order valence-corrected chi connectivity index (χ1v) is 7.94. The van der Waals surface area contributed by atoms with Gasteiger partial charge in [-0.3, -0.25) is 0 Å². The zero-order valence-electron chi connectivity index (χ0n) is 11.8. The first kappa shape index (κ1) is 14.5. The highest BCUT2D eigenvalue weighted by Gasteiger charge is 2.52. The molecule has 0 saturated carbocycles. The van der Waals surface area contributed by atoms with E-state index in [2.05, 4.69) is 4.98 Å². The van der Waals surface area contributed by atoms with Crippen LogP contribution >= 0.6 is 0 Å². The van der Waals surface area contributed by atoms with Crippen molar-refractivity contribution in [1.29, 1.82) is 0 Å². The Morgan fingerprint density at radius 2 is 1.68 bits per heavy atom. The molecule has 2 heterocycles. The number of sulfone groups is 1. The molecular formula is C12H18BNO4S. The SMILES string of the molecule is CC1(C)OB(c2cccnc2S(C)(=O)=O)OC1(C)C. The van der Waals surface area contributed by atoms with Crippen molar-refractivity contribution in [2.45, 2.75) is 43.9 Å². The molecule has 0 unspecified atom stereocenters. The summed E-state index contributed by atoms with van der Waals surface area (Å²) in [6.07, 6.45) is 2.58. The van der Waals surface area contributed by atoms with Crippen LogP contribution in [-0.2, 0) is 19.1 Å². The molecule has 0 radical (unpaired) electrons. The maximum Gasteiger partial charge on any atom is 0.497 e. The Hall–Kier alpha value is -0.915. The largest absolute Gasteiger partial charge is 0.497 e. The number of aromatic nitrogens is 1. The topological polar surface area (TPSA) is 65.5 Å². The molecule has 1 aromatic heterocycles. The van der Waals surface area contributed by atoms with E-state index in [-0.39, 0.29) is 5.03 Å². The van der Waals surface area contributed by atoms with Gasteiger partial charge in [-0.15, -0.1) is 0 Å². The van der Waals surface area contributed by atoms with Crippen LogP contribution in [-0.4, -0.2) is 38.0 Å². The lowest BCUT2D eigenvalue weighted by Crippen LogP contribution is -2.41. The third-order valence-corrected chi connectivity index (χ3v) is 4.70. The average molecular weight is 283 g/mol. The summed E-state index contributed by atoms with van der Waals surface area (Å²) in [7, 11) is -4.14. The zero-order valence-corrected chi connectivity index (χ0v) is 12.6. The van der Waals surface area contributed by atoms with E-state index in [1.807, 2.05) is 27.7 Å². The molecule has 0 amide bonds. The van der Waals surface area contributed by atoms with Gasteiger partial charge in [0.1, 0.15) is 0 Å². The van der Waals surface area contributed by atoms with Crippen LogP contribution in [0.15, 0.2) is 23.4 Å². The molecule has 0 spiro atoms. The van der Waals surface area contributed by atoms with Crippen LogP contribution in [0.1, 0.15) is 27.7 Å². The second-order valence-corrected chi connectivity index (χ2v) is 7.69. The van der Waals surface area contributed by atoms with Gasteiger partial charge in [0.15, 0.2) is 14.9 Å². The Kier molecular flexibility index (Phi) is 3.28. The molecule has 0 bridgehead atoms. The predicted molar refractivity (Wildman–Crippen MR) is 73.1 cm³/mol. The first-order chi connectivity index (χ1) is 8.55. The molecule has 104 valence electrons. The molecule has 0 aromatic carbocycles. The molecule has 0 aliphatic carbocycles. The van der Waals surface area contributed by atoms with Crippen molar-refractivity contribution >= 4 is 22.4 Å². The molecule has 1 fully saturated rings. The molecule has 1 aromatic rings. The number of rotatable bonds is 2. The maximum absolute atomic E-state index is 11.8. The first-order valence-electron chi connectivity index (χ1n) is 6.05. The smallest absolute Gasteiger partial charge is 0.399 e. The third-order valence-electron chi connectivity index (χ3n) is 3.66. The molecule has 1 aliphatic heterocycles. The molecule has 7 heteroatoms. The summed E-state index contributed by atoms with van der Waals surface area (Å²) in [6.45, 7) is 7.68. The maximum atomic E-state index is 11.8. The van der Waals surface area contributed by atoms with Gasteiger partial charge in [-0.05, 0) is 33.8 Å². The zero-order chi connectivity index (χ0) is 14.5. The van der Waals surface area contributed by atoms with Crippen molar-refractivity contribution in [2.24, 2.45) is 0 Å². The summed E-state index contributed by atoms with van der Waals surface area (Å²) < 4.78 is 35.2. The number of hydrogen-bond donors (Lipinski definition) is 0. The summed E-state index contributed by atoms with van der Waals surface area (Å²) in [5, 5.41) is 0.00787. The lowest BCUT2D eigenvalue weighted by molar-refractivity contribution is 0.00578.